The van der Waals surface area contributed by atoms with E-state index in [4.69, 9.17) is 10.6 Å². The summed E-state index contributed by atoms with van der Waals surface area (Å²) in [7, 11) is 0. The van der Waals surface area contributed by atoms with Crippen LogP contribution in [0, 0.1) is 0 Å². The molecule has 2 unspecified atom stereocenters. The predicted molar refractivity (Wildman–Crippen MR) is 72.9 cm³/mol. The minimum absolute atomic E-state index is 0.0919. The van der Waals surface area contributed by atoms with Gasteiger partial charge in [0.1, 0.15) is 0 Å². The van der Waals surface area contributed by atoms with Crippen LogP contribution in [0.2, 0.25) is 0 Å². The third-order valence-electron chi connectivity index (χ3n) is 3.11. The van der Waals surface area contributed by atoms with Gasteiger partial charge in [-0.15, -0.1) is 0 Å². The molecule has 2 rings (SSSR count). The molecular formula is C13H20N2OS. The molecule has 0 aromatic heterocycles. The molecule has 1 heterocycles. The Morgan fingerprint density at radius 3 is 3.12 bits per heavy atom. The van der Waals surface area contributed by atoms with Crippen LogP contribution in [0.3, 0.4) is 0 Å². The minimum Gasteiger partial charge on any atom is -0.374 e. The Labute approximate surface area is 107 Å². The molecule has 3 nitrogen and oxygen atoms in total. The van der Waals surface area contributed by atoms with Gasteiger partial charge in [-0.2, -0.15) is 11.8 Å². The topological polar surface area (TPSA) is 47.3 Å². The van der Waals surface area contributed by atoms with Gasteiger partial charge in [-0.25, -0.2) is 0 Å². The van der Waals surface area contributed by atoms with E-state index in [2.05, 4.69) is 36.6 Å². The number of ether oxygens (including phenoxy) is 1. The van der Waals surface area contributed by atoms with Crippen molar-refractivity contribution in [1.29, 1.82) is 0 Å². The third kappa shape index (κ3) is 3.22. The molecule has 17 heavy (non-hydrogen) atoms. The average molecular weight is 252 g/mol. The Morgan fingerprint density at radius 1 is 1.59 bits per heavy atom. The van der Waals surface area contributed by atoms with Crippen LogP contribution < -0.4 is 11.3 Å². The van der Waals surface area contributed by atoms with E-state index in [0.717, 1.165) is 24.5 Å². The van der Waals surface area contributed by atoms with E-state index in [1.807, 2.05) is 11.8 Å². The highest BCUT2D eigenvalue weighted by Crippen LogP contribution is 2.25. The average Bonchev–Trinajstić information content (AvgIpc) is 2.41. The lowest BCUT2D eigenvalue weighted by atomic mass is 9.99. The highest BCUT2D eigenvalue weighted by Gasteiger charge is 2.25. The molecule has 1 aromatic rings. The first-order valence-electron chi connectivity index (χ1n) is 6.09. The second-order valence-corrected chi connectivity index (χ2v) is 5.38. The highest BCUT2D eigenvalue weighted by molar-refractivity contribution is 7.99. The minimum atomic E-state index is 0.0919. The quantitative estimate of drug-likeness (QED) is 0.634. The number of thioether (sulfide) groups is 1. The van der Waals surface area contributed by atoms with E-state index in [1.54, 1.807) is 0 Å². The number of nitrogens with one attached hydrogen (secondary N) is 1. The van der Waals surface area contributed by atoms with Crippen LogP contribution >= 0.6 is 11.8 Å². The Kier molecular flexibility index (Phi) is 4.86. The third-order valence-corrected chi connectivity index (χ3v) is 4.13. The maximum Gasteiger partial charge on any atom is 0.0873 e. The zero-order chi connectivity index (χ0) is 12.1. The van der Waals surface area contributed by atoms with Crippen molar-refractivity contribution in [3.63, 3.8) is 0 Å². The van der Waals surface area contributed by atoms with Crippen molar-refractivity contribution in [1.82, 2.24) is 5.43 Å². The van der Waals surface area contributed by atoms with Crippen molar-refractivity contribution in [2.45, 2.75) is 25.5 Å². The monoisotopic (exact) mass is 252 g/mol. The summed E-state index contributed by atoms with van der Waals surface area (Å²) in [5, 5.41) is 0. The molecule has 0 amide bonds. The summed E-state index contributed by atoms with van der Waals surface area (Å²) in [5.41, 5.74) is 5.46. The van der Waals surface area contributed by atoms with E-state index in [1.165, 1.54) is 11.1 Å². The van der Waals surface area contributed by atoms with E-state index < -0.39 is 0 Å². The lowest BCUT2D eigenvalue weighted by Crippen LogP contribution is -2.41. The number of benzene rings is 1. The van der Waals surface area contributed by atoms with Gasteiger partial charge < -0.3 is 4.74 Å². The SMILES string of the molecule is CCc1cccc(C(NN)C2CSCCO2)c1. The summed E-state index contributed by atoms with van der Waals surface area (Å²) in [6, 6.07) is 8.66. The Balaban J connectivity index is 2.15. The molecule has 0 spiro atoms. The smallest absolute Gasteiger partial charge is 0.0873 e. The molecule has 1 fully saturated rings. The van der Waals surface area contributed by atoms with Crippen LogP contribution in [0.1, 0.15) is 24.1 Å². The molecule has 2 atom stereocenters. The zero-order valence-electron chi connectivity index (χ0n) is 10.2. The van der Waals surface area contributed by atoms with Crippen LogP contribution in [-0.4, -0.2) is 24.2 Å². The van der Waals surface area contributed by atoms with Crippen molar-refractivity contribution < 1.29 is 4.74 Å². The molecule has 94 valence electrons. The molecule has 4 heteroatoms. The highest BCUT2D eigenvalue weighted by atomic mass is 32.2. The Hall–Kier alpha value is -0.550. The van der Waals surface area contributed by atoms with Crippen LogP contribution in [0.5, 0.6) is 0 Å². The van der Waals surface area contributed by atoms with Gasteiger partial charge in [-0.3, -0.25) is 11.3 Å². The fourth-order valence-electron chi connectivity index (χ4n) is 2.12. The first kappa shape index (κ1) is 12.9. The number of rotatable bonds is 4. The number of aryl methyl sites for hydroxylation is 1. The molecule has 1 aliphatic heterocycles. The molecule has 0 bridgehead atoms. The summed E-state index contributed by atoms with van der Waals surface area (Å²) in [6.07, 6.45) is 1.22. The van der Waals surface area contributed by atoms with Gasteiger partial charge in [0.2, 0.25) is 0 Å². The van der Waals surface area contributed by atoms with E-state index in [0.29, 0.717) is 0 Å². The summed E-state index contributed by atoms with van der Waals surface area (Å²) in [4.78, 5) is 0. The van der Waals surface area contributed by atoms with Crippen LogP contribution in [0.4, 0.5) is 0 Å². The largest absolute Gasteiger partial charge is 0.374 e. The lowest BCUT2D eigenvalue weighted by molar-refractivity contribution is 0.0468. The second kappa shape index (κ2) is 6.40. The molecule has 1 aliphatic rings. The van der Waals surface area contributed by atoms with Gasteiger partial charge in [0, 0.05) is 11.5 Å². The van der Waals surface area contributed by atoms with Crippen LogP contribution in [0.15, 0.2) is 24.3 Å². The predicted octanol–water partition coefficient (Wildman–Crippen LogP) is 1.89. The van der Waals surface area contributed by atoms with Crippen LogP contribution in [-0.2, 0) is 11.2 Å². The molecular weight excluding hydrogens is 232 g/mol. The Bertz CT molecular complexity index is 353. The number of hydrogen-bond donors (Lipinski definition) is 2. The Morgan fingerprint density at radius 2 is 2.47 bits per heavy atom. The van der Waals surface area contributed by atoms with Gasteiger partial charge in [0.15, 0.2) is 0 Å². The first-order valence-corrected chi connectivity index (χ1v) is 7.25. The number of nitrogens with two attached hydrogens (primary N) is 1. The number of hydrogen-bond acceptors (Lipinski definition) is 4. The first-order chi connectivity index (χ1) is 8.35. The van der Waals surface area contributed by atoms with E-state index >= 15 is 0 Å². The van der Waals surface area contributed by atoms with E-state index in [-0.39, 0.29) is 12.1 Å². The van der Waals surface area contributed by atoms with Gasteiger partial charge in [-0.1, -0.05) is 31.2 Å². The molecule has 3 N–H and O–H groups in total. The summed E-state index contributed by atoms with van der Waals surface area (Å²) in [6.45, 7) is 2.98. The van der Waals surface area contributed by atoms with Gasteiger partial charge in [0.05, 0.1) is 18.8 Å². The molecule has 1 aromatic carbocycles. The molecule has 0 radical (unpaired) electrons. The molecule has 0 aliphatic carbocycles. The summed E-state index contributed by atoms with van der Waals surface area (Å²) in [5.74, 6) is 7.78. The van der Waals surface area contributed by atoms with Crippen molar-refractivity contribution in [2.24, 2.45) is 5.84 Å². The molecule has 1 saturated heterocycles. The normalized spacial score (nSPS) is 22.4. The van der Waals surface area contributed by atoms with Gasteiger partial charge >= 0.3 is 0 Å². The van der Waals surface area contributed by atoms with Crippen molar-refractivity contribution in [3.8, 4) is 0 Å². The fourth-order valence-corrected chi connectivity index (χ4v) is 3.02. The van der Waals surface area contributed by atoms with Crippen molar-refractivity contribution in [3.05, 3.63) is 35.4 Å². The number of hydrazine groups is 1. The standard InChI is InChI=1S/C13H20N2OS/c1-2-10-4-3-5-11(8-10)13(15-14)12-9-17-7-6-16-12/h3-5,8,12-13,15H,2,6-7,9,14H2,1H3. The van der Waals surface area contributed by atoms with Crippen molar-refractivity contribution in [2.75, 3.05) is 18.1 Å². The summed E-state index contributed by atoms with van der Waals surface area (Å²) >= 11 is 1.93. The van der Waals surface area contributed by atoms with Gasteiger partial charge in [0.25, 0.3) is 0 Å². The summed E-state index contributed by atoms with van der Waals surface area (Å²) < 4.78 is 5.80. The maximum atomic E-state index is 5.80. The van der Waals surface area contributed by atoms with E-state index in [9.17, 15) is 0 Å². The molecule has 0 saturated carbocycles. The van der Waals surface area contributed by atoms with Crippen molar-refractivity contribution >= 4 is 11.8 Å². The maximum absolute atomic E-state index is 5.80. The second-order valence-electron chi connectivity index (χ2n) is 4.23. The van der Waals surface area contributed by atoms with Gasteiger partial charge in [-0.05, 0) is 17.5 Å². The van der Waals surface area contributed by atoms with Crippen LogP contribution in [0.25, 0.3) is 0 Å². The lowest BCUT2D eigenvalue weighted by Gasteiger charge is -2.30. The fraction of sp³-hybridized carbons (Fsp3) is 0.538. The zero-order valence-corrected chi connectivity index (χ0v) is 11.0.